The second-order valence-corrected chi connectivity index (χ2v) is 3.56. The summed E-state index contributed by atoms with van der Waals surface area (Å²) >= 11 is 0. The van der Waals surface area contributed by atoms with E-state index < -0.39 is 0 Å². The van der Waals surface area contributed by atoms with Crippen LogP contribution in [0.5, 0.6) is 0 Å². The average molecular weight is 144 g/mol. The van der Waals surface area contributed by atoms with E-state index in [0.29, 0.717) is 5.41 Å². The van der Waals surface area contributed by atoms with Crippen LogP contribution in [0.2, 0.25) is 0 Å². The van der Waals surface area contributed by atoms with Gasteiger partial charge in [-0.1, -0.05) is 0 Å². The molecule has 0 aromatic heterocycles. The summed E-state index contributed by atoms with van der Waals surface area (Å²) in [5.41, 5.74) is 0.510. The molecule has 0 heterocycles. The summed E-state index contributed by atoms with van der Waals surface area (Å²) in [6.07, 6.45) is 6.97. The Balaban J connectivity index is 2.14. The van der Waals surface area contributed by atoms with Crippen LogP contribution in [0.4, 0.5) is 0 Å². The lowest BCUT2D eigenvalue weighted by Gasteiger charge is -2.32. The van der Waals surface area contributed by atoms with Gasteiger partial charge in [-0.25, -0.2) is 0 Å². The summed E-state index contributed by atoms with van der Waals surface area (Å²) in [7, 11) is 0. The maximum Gasteiger partial charge on any atom is 0.0155 e. The van der Waals surface area contributed by atoms with Crippen LogP contribution in [0.25, 0.3) is 0 Å². The molecule has 1 spiro atoms. The van der Waals surface area contributed by atoms with E-state index in [0.717, 1.165) is 25.7 Å². The second kappa shape index (κ2) is 2.63. The second-order valence-electron chi connectivity index (χ2n) is 3.56. The first-order valence-electron chi connectivity index (χ1n) is 4.33. The zero-order chi connectivity index (χ0) is 7.57. The van der Waals surface area contributed by atoms with E-state index in [9.17, 15) is 0 Å². The van der Waals surface area contributed by atoms with Crippen LogP contribution in [0.3, 0.4) is 0 Å². The molecule has 0 bridgehead atoms. The molecule has 0 heteroatoms. The fraction of sp³-hybridized carbons (Fsp3) is 0.636. The molecular formula is C11H12. The summed E-state index contributed by atoms with van der Waals surface area (Å²) in [6.45, 7) is 0. The third-order valence-corrected chi connectivity index (χ3v) is 2.74. The van der Waals surface area contributed by atoms with Crippen LogP contribution >= 0.6 is 0 Å². The van der Waals surface area contributed by atoms with E-state index in [1.165, 1.54) is 12.8 Å². The largest absolute Gasteiger partial charge is 0.103 e. The minimum absolute atomic E-state index is 0.510. The Bertz CT molecular complexity index is 234. The molecule has 2 aliphatic rings. The number of rotatable bonds is 0. The molecule has 0 amide bonds. The standard InChI is InChI=1S/C11H12/c1-3-7-11(8-4-1)9-5-2-6-10-11/h3,5,7-10H2. The van der Waals surface area contributed by atoms with Crippen molar-refractivity contribution < 1.29 is 0 Å². The highest BCUT2D eigenvalue weighted by Crippen LogP contribution is 2.39. The van der Waals surface area contributed by atoms with Gasteiger partial charge in [0.1, 0.15) is 0 Å². The van der Waals surface area contributed by atoms with Gasteiger partial charge in [0.05, 0.1) is 0 Å². The third kappa shape index (κ3) is 1.26. The van der Waals surface area contributed by atoms with E-state index in [4.69, 9.17) is 0 Å². The Morgan fingerprint density at radius 3 is 1.64 bits per heavy atom. The van der Waals surface area contributed by atoms with E-state index in [1.54, 1.807) is 0 Å². The van der Waals surface area contributed by atoms with Crippen molar-refractivity contribution in [1.82, 2.24) is 0 Å². The molecule has 0 N–H and O–H groups in total. The van der Waals surface area contributed by atoms with Gasteiger partial charge in [-0.05, 0) is 18.3 Å². The van der Waals surface area contributed by atoms with Crippen LogP contribution in [-0.4, -0.2) is 0 Å². The summed E-state index contributed by atoms with van der Waals surface area (Å²) in [5.74, 6) is 12.8. The van der Waals surface area contributed by atoms with E-state index >= 15 is 0 Å². The molecule has 0 aromatic carbocycles. The van der Waals surface area contributed by atoms with Crippen molar-refractivity contribution in [2.45, 2.75) is 38.5 Å². The molecule has 0 saturated carbocycles. The van der Waals surface area contributed by atoms with Crippen molar-refractivity contribution in [2.75, 3.05) is 0 Å². The molecule has 11 heavy (non-hydrogen) atoms. The first kappa shape index (κ1) is 6.81. The van der Waals surface area contributed by atoms with Gasteiger partial charge in [0.2, 0.25) is 0 Å². The molecule has 0 fully saturated rings. The van der Waals surface area contributed by atoms with Crippen molar-refractivity contribution in [2.24, 2.45) is 5.41 Å². The highest BCUT2D eigenvalue weighted by atomic mass is 14.3. The van der Waals surface area contributed by atoms with Crippen molar-refractivity contribution in [3.05, 3.63) is 0 Å². The fourth-order valence-corrected chi connectivity index (χ4v) is 1.87. The molecule has 0 radical (unpaired) electrons. The molecule has 0 aromatic rings. The smallest absolute Gasteiger partial charge is 0.0155 e. The predicted octanol–water partition coefficient (Wildman–Crippen LogP) is 2.35. The lowest BCUT2D eigenvalue weighted by molar-refractivity contribution is 0.249. The van der Waals surface area contributed by atoms with Crippen LogP contribution in [0.1, 0.15) is 38.5 Å². The molecular weight excluding hydrogens is 132 g/mol. The number of hydrogen-bond acceptors (Lipinski definition) is 0. The van der Waals surface area contributed by atoms with Crippen molar-refractivity contribution in [3.8, 4) is 23.7 Å². The average Bonchev–Trinajstić information content (AvgIpc) is 2.07. The third-order valence-electron chi connectivity index (χ3n) is 2.74. The van der Waals surface area contributed by atoms with Crippen LogP contribution in [0.15, 0.2) is 0 Å². The molecule has 0 aliphatic heterocycles. The monoisotopic (exact) mass is 144 g/mol. The Hall–Kier alpha value is -0.880. The van der Waals surface area contributed by atoms with Gasteiger partial charge < -0.3 is 0 Å². The first-order chi connectivity index (χ1) is 5.41. The minimum atomic E-state index is 0.510. The van der Waals surface area contributed by atoms with Gasteiger partial charge in [-0.15, -0.1) is 23.7 Å². The van der Waals surface area contributed by atoms with Crippen molar-refractivity contribution in [3.63, 3.8) is 0 Å². The molecule has 2 aliphatic carbocycles. The molecule has 0 atom stereocenters. The molecule has 2 rings (SSSR count). The summed E-state index contributed by atoms with van der Waals surface area (Å²) < 4.78 is 0. The lowest BCUT2D eigenvalue weighted by Crippen LogP contribution is -2.23. The highest BCUT2D eigenvalue weighted by molar-refractivity contribution is 5.16. The van der Waals surface area contributed by atoms with Crippen molar-refractivity contribution in [1.29, 1.82) is 0 Å². The SMILES string of the molecule is C1#CCC2(CC#CCC2)CC1. The predicted molar refractivity (Wildman–Crippen MR) is 45.7 cm³/mol. The van der Waals surface area contributed by atoms with Crippen LogP contribution in [0, 0.1) is 29.1 Å². The van der Waals surface area contributed by atoms with Crippen LogP contribution in [-0.2, 0) is 0 Å². The molecule has 0 nitrogen and oxygen atoms in total. The summed E-state index contributed by atoms with van der Waals surface area (Å²) in [4.78, 5) is 0. The van der Waals surface area contributed by atoms with Gasteiger partial charge in [-0.3, -0.25) is 0 Å². The highest BCUT2D eigenvalue weighted by Gasteiger charge is 2.29. The van der Waals surface area contributed by atoms with E-state index in [1.807, 2.05) is 0 Å². The maximum atomic E-state index is 3.23. The zero-order valence-electron chi connectivity index (χ0n) is 6.74. The Morgan fingerprint density at radius 2 is 1.27 bits per heavy atom. The fourth-order valence-electron chi connectivity index (χ4n) is 1.87. The Morgan fingerprint density at radius 1 is 0.727 bits per heavy atom. The van der Waals surface area contributed by atoms with E-state index in [2.05, 4.69) is 23.7 Å². The van der Waals surface area contributed by atoms with Gasteiger partial charge >= 0.3 is 0 Å². The van der Waals surface area contributed by atoms with Gasteiger partial charge in [-0.2, -0.15) is 0 Å². The minimum Gasteiger partial charge on any atom is -0.103 e. The van der Waals surface area contributed by atoms with E-state index in [-0.39, 0.29) is 0 Å². The normalized spacial score (nSPS) is 24.7. The number of hydrogen-bond donors (Lipinski definition) is 0. The van der Waals surface area contributed by atoms with Gasteiger partial charge in [0, 0.05) is 25.7 Å². The van der Waals surface area contributed by atoms with Gasteiger partial charge in [0.25, 0.3) is 0 Å². The van der Waals surface area contributed by atoms with Crippen LogP contribution < -0.4 is 0 Å². The molecule has 56 valence electrons. The van der Waals surface area contributed by atoms with Gasteiger partial charge in [0.15, 0.2) is 0 Å². The molecule has 0 saturated heterocycles. The quantitative estimate of drug-likeness (QED) is 0.458. The Kier molecular flexibility index (Phi) is 1.63. The van der Waals surface area contributed by atoms with Crippen molar-refractivity contribution >= 4 is 0 Å². The summed E-state index contributed by atoms with van der Waals surface area (Å²) in [6, 6.07) is 0. The zero-order valence-corrected chi connectivity index (χ0v) is 6.74. The Labute approximate surface area is 68.4 Å². The lowest BCUT2D eigenvalue weighted by atomic mass is 9.71. The summed E-state index contributed by atoms with van der Waals surface area (Å²) in [5, 5.41) is 0. The topological polar surface area (TPSA) is 0 Å². The first-order valence-corrected chi connectivity index (χ1v) is 4.33. The molecule has 0 unspecified atom stereocenters. The maximum absolute atomic E-state index is 3.23.